The summed E-state index contributed by atoms with van der Waals surface area (Å²) in [7, 11) is -3.74. The Bertz CT molecular complexity index is 1080. The Balaban J connectivity index is 1.97. The highest BCUT2D eigenvalue weighted by atomic mass is 32.2. The minimum Gasteiger partial charge on any atom is -0.371 e. The number of amides is 1. The Labute approximate surface area is 188 Å². The van der Waals surface area contributed by atoms with Gasteiger partial charge in [0.15, 0.2) is 11.6 Å². The number of carbonyl (C=O) groups excluding carboxylic acids is 1. The van der Waals surface area contributed by atoms with Gasteiger partial charge in [0, 0.05) is 31.9 Å². The first-order valence-corrected chi connectivity index (χ1v) is 12.3. The zero-order valence-electron chi connectivity index (χ0n) is 18.6. The Morgan fingerprint density at radius 2 is 1.72 bits per heavy atom. The standard InChI is InChI=1S/C23H29F2N3O3S/c1-4-28(5-2)32(30,31)18-9-11-22(27-12-6-7-13-27)19(15-18)23(29)26-16(3)17-8-10-20(24)21(25)14-17/h8-11,14-16H,4-7,12-13H2,1-3H3,(H,26,29). The smallest absolute Gasteiger partial charge is 0.253 e. The van der Waals surface area contributed by atoms with Gasteiger partial charge in [-0.1, -0.05) is 19.9 Å². The fraction of sp³-hybridized carbons (Fsp3) is 0.435. The molecule has 0 bridgehead atoms. The molecule has 0 saturated carbocycles. The van der Waals surface area contributed by atoms with E-state index in [9.17, 15) is 22.0 Å². The normalized spacial score (nSPS) is 15.2. The van der Waals surface area contributed by atoms with Crippen LogP contribution in [0, 0.1) is 11.6 Å². The monoisotopic (exact) mass is 465 g/mol. The molecule has 6 nitrogen and oxygen atoms in total. The summed E-state index contributed by atoms with van der Waals surface area (Å²) < 4.78 is 54.3. The largest absolute Gasteiger partial charge is 0.371 e. The molecule has 2 aromatic carbocycles. The summed E-state index contributed by atoms with van der Waals surface area (Å²) in [6.07, 6.45) is 1.98. The summed E-state index contributed by atoms with van der Waals surface area (Å²) in [4.78, 5) is 15.3. The van der Waals surface area contributed by atoms with E-state index in [-0.39, 0.29) is 10.5 Å². The highest BCUT2D eigenvalue weighted by molar-refractivity contribution is 7.89. The molecule has 0 radical (unpaired) electrons. The summed E-state index contributed by atoms with van der Waals surface area (Å²) in [6, 6.07) is 7.49. The molecule has 32 heavy (non-hydrogen) atoms. The predicted octanol–water partition coefficient (Wildman–Crippen LogP) is 4.09. The number of anilines is 1. The number of sulfonamides is 1. The molecule has 0 aliphatic carbocycles. The van der Waals surface area contributed by atoms with Gasteiger partial charge in [0.05, 0.1) is 16.5 Å². The van der Waals surface area contributed by atoms with Crippen molar-refractivity contribution in [2.75, 3.05) is 31.1 Å². The van der Waals surface area contributed by atoms with Gasteiger partial charge < -0.3 is 10.2 Å². The van der Waals surface area contributed by atoms with Crippen LogP contribution >= 0.6 is 0 Å². The fourth-order valence-electron chi connectivity index (χ4n) is 3.94. The van der Waals surface area contributed by atoms with Crippen molar-refractivity contribution in [3.05, 3.63) is 59.2 Å². The van der Waals surface area contributed by atoms with Crippen LogP contribution in [0.15, 0.2) is 41.3 Å². The maximum atomic E-state index is 13.6. The third-order valence-electron chi connectivity index (χ3n) is 5.79. The molecule has 2 aromatic rings. The van der Waals surface area contributed by atoms with Gasteiger partial charge in [-0.2, -0.15) is 4.31 Å². The lowest BCUT2D eigenvalue weighted by molar-refractivity contribution is 0.0940. The second-order valence-corrected chi connectivity index (χ2v) is 9.77. The molecule has 1 amide bonds. The quantitative estimate of drug-likeness (QED) is 0.638. The van der Waals surface area contributed by atoms with Crippen molar-refractivity contribution in [2.45, 2.75) is 44.6 Å². The number of rotatable bonds is 8. The molecule has 0 spiro atoms. The average Bonchev–Trinajstić information content (AvgIpc) is 3.30. The molecule has 174 valence electrons. The summed E-state index contributed by atoms with van der Waals surface area (Å²) in [5.41, 5.74) is 1.32. The van der Waals surface area contributed by atoms with Crippen molar-refractivity contribution >= 4 is 21.6 Å². The Morgan fingerprint density at radius 3 is 2.31 bits per heavy atom. The lowest BCUT2D eigenvalue weighted by Gasteiger charge is -2.24. The van der Waals surface area contributed by atoms with E-state index in [1.807, 2.05) is 0 Å². The summed E-state index contributed by atoms with van der Waals surface area (Å²) in [5, 5.41) is 2.80. The number of nitrogens with zero attached hydrogens (tertiary/aromatic N) is 2. The van der Waals surface area contributed by atoms with E-state index < -0.39 is 33.6 Å². The van der Waals surface area contributed by atoms with Crippen molar-refractivity contribution < 1.29 is 22.0 Å². The molecule has 1 atom stereocenters. The molecule has 1 aliphatic heterocycles. The molecule has 1 N–H and O–H groups in total. The number of carbonyl (C=O) groups is 1. The maximum Gasteiger partial charge on any atom is 0.253 e. The molecule has 1 aliphatic rings. The summed E-state index contributed by atoms with van der Waals surface area (Å²) >= 11 is 0. The molecule has 0 aromatic heterocycles. The van der Waals surface area contributed by atoms with Crippen LogP contribution in [0.2, 0.25) is 0 Å². The number of hydrogen-bond acceptors (Lipinski definition) is 4. The van der Waals surface area contributed by atoms with Crippen LogP contribution in [-0.2, 0) is 10.0 Å². The highest BCUT2D eigenvalue weighted by Crippen LogP contribution is 2.29. The van der Waals surface area contributed by atoms with Gasteiger partial charge in [-0.3, -0.25) is 4.79 Å². The van der Waals surface area contributed by atoms with Gasteiger partial charge in [0.1, 0.15) is 0 Å². The van der Waals surface area contributed by atoms with Crippen molar-refractivity contribution in [1.82, 2.24) is 9.62 Å². The number of nitrogens with one attached hydrogen (secondary N) is 1. The van der Waals surface area contributed by atoms with E-state index in [2.05, 4.69) is 10.2 Å². The van der Waals surface area contributed by atoms with Gasteiger partial charge in [-0.25, -0.2) is 17.2 Å². The Hall–Kier alpha value is -2.52. The molecular formula is C23H29F2N3O3S. The van der Waals surface area contributed by atoms with Crippen LogP contribution in [-0.4, -0.2) is 44.8 Å². The van der Waals surface area contributed by atoms with Crippen LogP contribution < -0.4 is 10.2 Å². The number of hydrogen-bond donors (Lipinski definition) is 1. The topological polar surface area (TPSA) is 69.7 Å². The minimum absolute atomic E-state index is 0.0507. The van der Waals surface area contributed by atoms with E-state index in [0.29, 0.717) is 24.3 Å². The van der Waals surface area contributed by atoms with Crippen LogP contribution in [0.4, 0.5) is 14.5 Å². The third kappa shape index (κ3) is 4.94. The van der Waals surface area contributed by atoms with Crippen molar-refractivity contribution in [2.24, 2.45) is 0 Å². The van der Waals surface area contributed by atoms with E-state index in [1.54, 1.807) is 26.8 Å². The predicted molar refractivity (Wildman–Crippen MR) is 120 cm³/mol. The Kier molecular flexibility index (Phi) is 7.51. The molecule has 3 rings (SSSR count). The number of benzene rings is 2. The van der Waals surface area contributed by atoms with Crippen molar-refractivity contribution in [3.63, 3.8) is 0 Å². The van der Waals surface area contributed by atoms with E-state index in [1.165, 1.54) is 22.5 Å². The first-order chi connectivity index (χ1) is 15.2. The van der Waals surface area contributed by atoms with Gasteiger partial charge in [0.25, 0.3) is 5.91 Å². The molecular weight excluding hydrogens is 436 g/mol. The van der Waals surface area contributed by atoms with Gasteiger partial charge in [-0.05, 0) is 55.7 Å². The minimum atomic E-state index is -3.74. The summed E-state index contributed by atoms with van der Waals surface area (Å²) in [6.45, 7) is 7.38. The highest BCUT2D eigenvalue weighted by Gasteiger charge is 2.27. The van der Waals surface area contributed by atoms with Crippen LogP contribution in [0.1, 0.15) is 55.6 Å². The first kappa shape index (κ1) is 24.1. The van der Waals surface area contributed by atoms with E-state index >= 15 is 0 Å². The molecule has 1 fully saturated rings. The second kappa shape index (κ2) is 9.95. The lowest BCUT2D eigenvalue weighted by atomic mass is 10.1. The van der Waals surface area contributed by atoms with Crippen molar-refractivity contribution in [1.29, 1.82) is 0 Å². The van der Waals surface area contributed by atoms with Gasteiger partial charge in [0.2, 0.25) is 10.0 Å². The third-order valence-corrected chi connectivity index (χ3v) is 7.84. The molecule has 1 unspecified atom stereocenters. The maximum absolute atomic E-state index is 13.6. The zero-order valence-corrected chi connectivity index (χ0v) is 19.4. The van der Waals surface area contributed by atoms with E-state index in [0.717, 1.165) is 38.1 Å². The Morgan fingerprint density at radius 1 is 1.06 bits per heavy atom. The number of halogens is 2. The zero-order chi connectivity index (χ0) is 23.5. The van der Waals surface area contributed by atoms with Gasteiger partial charge in [-0.15, -0.1) is 0 Å². The second-order valence-electron chi connectivity index (χ2n) is 7.83. The van der Waals surface area contributed by atoms with E-state index in [4.69, 9.17) is 0 Å². The SMILES string of the molecule is CCN(CC)S(=O)(=O)c1ccc(N2CCCC2)c(C(=O)NC(C)c2ccc(F)c(F)c2)c1. The molecule has 1 heterocycles. The first-order valence-electron chi connectivity index (χ1n) is 10.8. The van der Waals surface area contributed by atoms with Crippen LogP contribution in [0.3, 0.4) is 0 Å². The fourth-order valence-corrected chi connectivity index (χ4v) is 5.43. The lowest BCUT2D eigenvalue weighted by Crippen LogP contribution is -2.32. The molecule has 9 heteroatoms. The van der Waals surface area contributed by atoms with Crippen molar-refractivity contribution in [3.8, 4) is 0 Å². The summed E-state index contributed by atoms with van der Waals surface area (Å²) in [5.74, 6) is -2.42. The van der Waals surface area contributed by atoms with Crippen LogP contribution in [0.25, 0.3) is 0 Å². The van der Waals surface area contributed by atoms with Crippen LogP contribution in [0.5, 0.6) is 0 Å². The molecule has 1 saturated heterocycles. The van der Waals surface area contributed by atoms with Gasteiger partial charge >= 0.3 is 0 Å². The average molecular weight is 466 g/mol.